The van der Waals surface area contributed by atoms with Crippen LogP contribution < -0.4 is 20.0 Å². The average Bonchev–Trinajstić information content (AvgIpc) is 3.21. The SMILES string of the molecule is COc1cc2nc(-c3ccc4c(c3)C(=O)N(c3ccccc3-c3ccccc3)C4=O)oc(=O)c2cc1OC. The third-order valence-corrected chi connectivity index (χ3v) is 6.50. The minimum absolute atomic E-state index is 0.0147. The second-order valence-electron chi connectivity index (χ2n) is 8.62. The summed E-state index contributed by atoms with van der Waals surface area (Å²) in [5.41, 5.74) is 2.70. The summed E-state index contributed by atoms with van der Waals surface area (Å²) in [6.07, 6.45) is 0. The van der Waals surface area contributed by atoms with E-state index < -0.39 is 17.4 Å². The number of carbonyl (C=O) groups is 2. The van der Waals surface area contributed by atoms with Gasteiger partial charge in [-0.15, -0.1) is 0 Å². The summed E-state index contributed by atoms with van der Waals surface area (Å²) >= 11 is 0. The lowest BCUT2D eigenvalue weighted by atomic mass is 10.0. The summed E-state index contributed by atoms with van der Waals surface area (Å²) < 4.78 is 16.1. The van der Waals surface area contributed by atoms with Crippen LogP contribution in [-0.4, -0.2) is 31.0 Å². The topological polar surface area (TPSA) is 98.9 Å². The van der Waals surface area contributed by atoms with Crippen molar-refractivity contribution in [3.63, 3.8) is 0 Å². The van der Waals surface area contributed by atoms with E-state index >= 15 is 0 Å². The zero-order valence-electron chi connectivity index (χ0n) is 20.4. The minimum Gasteiger partial charge on any atom is -0.493 e. The molecule has 0 aliphatic carbocycles. The van der Waals surface area contributed by atoms with Gasteiger partial charge in [-0.05, 0) is 29.8 Å². The van der Waals surface area contributed by atoms with Crippen LogP contribution in [-0.2, 0) is 0 Å². The van der Waals surface area contributed by atoms with Crippen molar-refractivity contribution in [3.8, 4) is 34.1 Å². The molecule has 5 aromatic rings. The number of hydrogen-bond acceptors (Lipinski definition) is 7. The van der Waals surface area contributed by atoms with Gasteiger partial charge in [0.25, 0.3) is 11.8 Å². The second kappa shape index (κ2) is 9.01. The summed E-state index contributed by atoms with van der Waals surface area (Å²) in [7, 11) is 2.96. The molecular weight excluding hydrogens is 484 g/mol. The number of imide groups is 1. The van der Waals surface area contributed by atoms with Crippen LogP contribution in [0.25, 0.3) is 33.5 Å². The van der Waals surface area contributed by atoms with Crippen molar-refractivity contribution in [2.24, 2.45) is 0 Å². The number of carbonyl (C=O) groups excluding carboxylic acids is 2. The molecule has 0 fully saturated rings. The van der Waals surface area contributed by atoms with Crippen LogP contribution in [0.15, 0.2) is 94.1 Å². The fourth-order valence-electron chi connectivity index (χ4n) is 4.65. The quantitative estimate of drug-likeness (QED) is 0.298. The summed E-state index contributed by atoms with van der Waals surface area (Å²) in [6, 6.07) is 24.6. The van der Waals surface area contributed by atoms with Crippen molar-refractivity contribution in [2.45, 2.75) is 0 Å². The van der Waals surface area contributed by atoms with E-state index in [4.69, 9.17) is 13.9 Å². The molecule has 0 unspecified atom stereocenters. The maximum atomic E-state index is 13.6. The number of nitrogens with zero attached hydrogens (tertiary/aromatic N) is 2. The first-order chi connectivity index (χ1) is 18.5. The Morgan fingerprint density at radius 2 is 1.37 bits per heavy atom. The molecule has 4 aromatic carbocycles. The Balaban J connectivity index is 1.43. The largest absolute Gasteiger partial charge is 0.493 e. The highest BCUT2D eigenvalue weighted by Gasteiger charge is 2.38. The normalized spacial score (nSPS) is 12.6. The van der Waals surface area contributed by atoms with E-state index in [0.717, 1.165) is 11.1 Å². The molecule has 38 heavy (non-hydrogen) atoms. The standard InChI is InChI=1S/C30H20N2O6/c1-36-25-15-22-23(16-26(25)37-2)31-27(38-30(22)35)18-12-13-20-21(14-18)29(34)32(28(20)33)24-11-7-6-10-19(24)17-8-4-3-5-9-17/h3-16H,1-2H3. The molecular formula is C30H20N2O6. The summed E-state index contributed by atoms with van der Waals surface area (Å²) in [5.74, 6) is -0.0961. The molecule has 1 aromatic heterocycles. The Morgan fingerprint density at radius 1 is 0.684 bits per heavy atom. The highest BCUT2D eigenvalue weighted by Crippen LogP contribution is 2.37. The molecule has 0 saturated heterocycles. The van der Waals surface area contributed by atoms with E-state index in [1.54, 1.807) is 30.3 Å². The van der Waals surface area contributed by atoms with Gasteiger partial charge in [0.05, 0.1) is 41.9 Å². The lowest BCUT2D eigenvalue weighted by Crippen LogP contribution is -2.29. The van der Waals surface area contributed by atoms with Crippen LogP contribution in [0, 0.1) is 0 Å². The zero-order valence-corrected chi connectivity index (χ0v) is 20.4. The molecule has 1 aliphatic rings. The molecule has 2 amide bonds. The molecule has 0 N–H and O–H groups in total. The third kappa shape index (κ3) is 3.62. The molecule has 0 spiro atoms. The van der Waals surface area contributed by atoms with Crippen molar-refractivity contribution < 1.29 is 23.5 Å². The number of benzene rings is 4. The Bertz CT molecular complexity index is 1810. The van der Waals surface area contributed by atoms with Crippen molar-refractivity contribution >= 4 is 28.4 Å². The number of ether oxygens (including phenoxy) is 2. The maximum absolute atomic E-state index is 13.6. The number of anilines is 1. The number of methoxy groups -OCH3 is 2. The number of hydrogen-bond donors (Lipinski definition) is 0. The van der Waals surface area contributed by atoms with E-state index in [0.29, 0.717) is 28.3 Å². The Kier molecular flexibility index (Phi) is 5.49. The number of amides is 2. The summed E-state index contributed by atoms with van der Waals surface area (Å²) in [5, 5.41) is 0.225. The van der Waals surface area contributed by atoms with Gasteiger partial charge < -0.3 is 13.9 Å². The van der Waals surface area contributed by atoms with Crippen molar-refractivity contribution in [3.05, 3.63) is 106 Å². The molecule has 0 radical (unpaired) electrons. The first kappa shape index (κ1) is 23.2. The molecule has 8 heteroatoms. The molecule has 0 atom stereocenters. The van der Waals surface area contributed by atoms with Crippen LogP contribution in [0.3, 0.4) is 0 Å². The van der Waals surface area contributed by atoms with E-state index in [1.807, 2.05) is 42.5 Å². The van der Waals surface area contributed by atoms with Crippen molar-refractivity contribution in [1.82, 2.24) is 4.98 Å². The Labute approximate surface area is 216 Å². The third-order valence-electron chi connectivity index (χ3n) is 6.50. The van der Waals surface area contributed by atoms with E-state index in [1.165, 1.54) is 31.3 Å². The van der Waals surface area contributed by atoms with Gasteiger partial charge in [-0.25, -0.2) is 14.7 Å². The van der Waals surface area contributed by atoms with Crippen LogP contribution in [0.5, 0.6) is 11.5 Å². The average molecular weight is 504 g/mol. The molecule has 186 valence electrons. The minimum atomic E-state index is -0.618. The number of rotatable bonds is 5. The highest BCUT2D eigenvalue weighted by atomic mass is 16.5. The van der Waals surface area contributed by atoms with Crippen molar-refractivity contribution in [2.75, 3.05) is 19.1 Å². The molecule has 0 bridgehead atoms. The summed E-state index contributed by atoms with van der Waals surface area (Å²) in [6.45, 7) is 0. The monoisotopic (exact) mass is 504 g/mol. The van der Waals surface area contributed by atoms with Crippen molar-refractivity contribution in [1.29, 1.82) is 0 Å². The smallest absolute Gasteiger partial charge is 0.347 e. The summed E-state index contributed by atoms with van der Waals surface area (Å²) in [4.78, 5) is 45.4. The van der Waals surface area contributed by atoms with Gasteiger partial charge in [-0.1, -0.05) is 48.5 Å². The molecule has 8 nitrogen and oxygen atoms in total. The zero-order chi connectivity index (χ0) is 26.4. The lowest BCUT2D eigenvalue weighted by Gasteiger charge is -2.18. The van der Waals surface area contributed by atoms with Gasteiger partial charge >= 0.3 is 5.63 Å². The van der Waals surface area contributed by atoms with Gasteiger partial charge in [-0.2, -0.15) is 0 Å². The fraction of sp³-hybridized carbons (Fsp3) is 0.0667. The number of para-hydroxylation sites is 1. The number of aromatic nitrogens is 1. The van der Waals surface area contributed by atoms with Gasteiger partial charge in [0.2, 0.25) is 5.89 Å². The second-order valence-corrected chi connectivity index (χ2v) is 8.62. The van der Waals surface area contributed by atoms with Gasteiger partial charge in [-0.3, -0.25) is 9.59 Å². The molecule has 1 aliphatic heterocycles. The van der Waals surface area contributed by atoms with Gasteiger partial charge in [0.1, 0.15) is 0 Å². The molecule has 0 saturated carbocycles. The first-order valence-electron chi connectivity index (χ1n) is 11.7. The van der Waals surface area contributed by atoms with E-state index in [-0.39, 0.29) is 22.4 Å². The van der Waals surface area contributed by atoms with Crippen LogP contribution in [0.1, 0.15) is 20.7 Å². The van der Waals surface area contributed by atoms with Crippen LogP contribution >= 0.6 is 0 Å². The van der Waals surface area contributed by atoms with E-state index in [9.17, 15) is 14.4 Å². The molecule has 2 heterocycles. The first-order valence-corrected chi connectivity index (χ1v) is 11.7. The predicted octanol–water partition coefficient (Wildman–Crippen LogP) is 5.34. The fourth-order valence-corrected chi connectivity index (χ4v) is 4.65. The maximum Gasteiger partial charge on any atom is 0.347 e. The van der Waals surface area contributed by atoms with Crippen LogP contribution in [0.4, 0.5) is 5.69 Å². The Hall–Kier alpha value is -5.24. The lowest BCUT2D eigenvalue weighted by molar-refractivity contribution is 0.0926. The number of fused-ring (bicyclic) bond motifs is 2. The molecule has 6 rings (SSSR count). The van der Waals surface area contributed by atoms with Gasteiger partial charge in [0, 0.05) is 23.3 Å². The van der Waals surface area contributed by atoms with Crippen LogP contribution in [0.2, 0.25) is 0 Å². The Morgan fingerprint density at radius 3 is 2.13 bits per heavy atom. The highest BCUT2D eigenvalue weighted by molar-refractivity contribution is 6.35. The van der Waals surface area contributed by atoms with Gasteiger partial charge in [0.15, 0.2) is 11.5 Å². The van der Waals surface area contributed by atoms with E-state index in [2.05, 4.69) is 4.98 Å². The predicted molar refractivity (Wildman–Crippen MR) is 142 cm³/mol.